The number of esters is 1. The summed E-state index contributed by atoms with van der Waals surface area (Å²) in [6, 6.07) is 19.4. The number of primary amides is 1. The molecule has 0 aliphatic carbocycles. The average molecular weight is 404 g/mol. The number of carbonyl (C=O) groups is 2. The standard InChI is InChI=1S/C15H15NO3.C9H9NO/c1-2-18-15(17)10-13-11-19-14(16-13)9-8-12-6-4-3-5-7-12;10-9(11)7-6-8-4-2-1-3-5-8/h3-9,11H,2,10H2,1H3;1-7H,(H2,10,11). The molecule has 0 unspecified atom stereocenters. The highest BCUT2D eigenvalue weighted by Gasteiger charge is 2.08. The summed E-state index contributed by atoms with van der Waals surface area (Å²) in [5.41, 5.74) is 7.53. The van der Waals surface area contributed by atoms with Crippen LogP contribution >= 0.6 is 0 Å². The van der Waals surface area contributed by atoms with Gasteiger partial charge in [-0.15, -0.1) is 0 Å². The third-order valence-electron chi connectivity index (χ3n) is 3.66. The summed E-state index contributed by atoms with van der Waals surface area (Å²) < 4.78 is 10.1. The molecule has 0 fully saturated rings. The van der Waals surface area contributed by atoms with E-state index in [0.717, 1.165) is 11.1 Å². The third kappa shape index (κ3) is 8.84. The van der Waals surface area contributed by atoms with Crippen LogP contribution in [0.4, 0.5) is 0 Å². The molecule has 2 aromatic carbocycles. The second-order valence-electron chi connectivity index (χ2n) is 6.05. The topological polar surface area (TPSA) is 95.4 Å². The van der Waals surface area contributed by atoms with Crippen LogP contribution in [0.5, 0.6) is 0 Å². The van der Waals surface area contributed by atoms with E-state index in [-0.39, 0.29) is 12.4 Å². The maximum Gasteiger partial charge on any atom is 0.311 e. The van der Waals surface area contributed by atoms with Crippen molar-refractivity contribution >= 4 is 30.1 Å². The third-order valence-corrected chi connectivity index (χ3v) is 3.66. The van der Waals surface area contributed by atoms with E-state index in [2.05, 4.69) is 4.98 Å². The van der Waals surface area contributed by atoms with Gasteiger partial charge in [0.2, 0.25) is 11.8 Å². The van der Waals surface area contributed by atoms with E-state index >= 15 is 0 Å². The molecule has 0 radical (unpaired) electrons. The van der Waals surface area contributed by atoms with Gasteiger partial charge in [0.1, 0.15) is 6.26 Å². The molecule has 0 bridgehead atoms. The fraction of sp³-hybridized carbons (Fsp3) is 0.125. The van der Waals surface area contributed by atoms with Crippen LogP contribution < -0.4 is 5.73 Å². The Labute approximate surface area is 175 Å². The first-order chi connectivity index (χ1) is 14.6. The van der Waals surface area contributed by atoms with Gasteiger partial charge in [-0.3, -0.25) is 9.59 Å². The average Bonchev–Trinajstić information content (AvgIpc) is 3.20. The van der Waals surface area contributed by atoms with Gasteiger partial charge in [-0.2, -0.15) is 0 Å². The maximum absolute atomic E-state index is 11.3. The maximum atomic E-state index is 11.3. The summed E-state index contributed by atoms with van der Waals surface area (Å²) in [6.45, 7) is 2.15. The lowest BCUT2D eigenvalue weighted by atomic mass is 10.2. The van der Waals surface area contributed by atoms with E-state index in [1.54, 1.807) is 19.1 Å². The summed E-state index contributed by atoms with van der Waals surface area (Å²) in [4.78, 5) is 25.8. The van der Waals surface area contributed by atoms with Crippen molar-refractivity contribution in [1.82, 2.24) is 4.98 Å². The van der Waals surface area contributed by atoms with Crippen molar-refractivity contribution < 1.29 is 18.7 Å². The molecule has 2 N–H and O–H groups in total. The second kappa shape index (κ2) is 12.5. The number of benzene rings is 2. The van der Waals surface area contributed by atoms with Gasteiger partial charge in [0.15, 0.2) is 0 Å². The lowest BCUT2D eigenvalue weighted by Crippen LogP contribution is -2.07. The first kappa shape index (κ1) is 22.4. The molecule has 6 nitrogen and oxygen atoms in total. The molecule has 0 aliphatic rings. The van der Waals surface area contributed by atoms with Gasteiger partial charge < -0.3 is 14.9 Å². The lowest BCUT2D eigenvalue weighted by molar-refractivity contribution is -0.142. The number of oxazole rings is 1. The molecule has 1 heterocycles. The van der Waals surface area contributed by atoms with E-state index in [0.29, 0.717) is 18.2 Å². The van der Waals surface area contributed by atoms with Gasteiger partial charge in [0, 0.05) is 12.2 Å². The second-order valence-corrected chi connectivity index (χ2v) is 6.05. The van der Waals surface area contributed by atoms with Gasteiger partial charge in [0.25, 0.3) is 0 Å². The van der Waals surface area contributed by atoms with Crippen LogP contribution in [-0.2, 0) is 20.7 Å². The zero-order valence-electron chi connectivity index (χ0n) is 16.7. The summed E-state index contributed by atoms with van der Waals surface area (Å²) >= 11 is 0. The predicted molar refractivity (Wildman–Crippen MR) is 117 cm³/mol. The van der Waals surface area contributed by atoms with E-state index in [9.17, 15) is 9.59 Å². The van der Waals surface area contributed by atoms with E-state index in [1.807, 2.05) is 66.7 Å². The minimum Gasteiger partial charge on any atom is -0.466 e. The number of ether oxygens (including phenoxy) is 1. The van der Waals surface area contributed by atoms with Crippen molar-refractivity contribution in [3.05, 3.63) is 95.7 Å². The van der Waals surface area contributed by atoms with Crippen molar-refractivity contribution in [3.63, 3.8) is 0 Å². The van der Waals surface area contributed by atoms with E-state index in [1.165, 1.54) is 12.3 Å². The van der Waals surface area contributed by atoms with Crippen molar-refractivity contribution in [3.8, 4) is 0 Å². The lowest BCUT2D eigenvalue weighted by Gasteiger charge is -1.96. The number of carbonyl (C=O) groups excluding carboxylic acids is 2. The largest absolute Gasteiger partial charge is 0.466 e. The SMILES string of the molecule is CCOC(=O)Cc1coc(C=Cc2ccccc2)n1.NC(=O)C=Cc1ccccc1. The number of nitrogens with zero attached hydrogens (tertiary/aromatic N) is 1. The number of aromatic nitrogens is 1. The molecule has 0 saturated carbocycles. The molecule has 0 saturated heterocycles. The highest BCUT2D eigenvalue weighted by atomic mass is 16.5. The van der Waals surface area contributed by atoms with Crippen LogP contribution in [0.3, 0.4) is 0 Å². The monoisotopic (exact) mass is 404 g/mol. The molecule has 0 aliphatic heterocycles. The van der Waals surface area contributed by atoms with Crippen LogP contribution in [-0.4, -0.2) is 23.5 Å². The highest BCUT2D eigenvalue weighted by Crippen LogP contribution is 2.09. The molecule has 1 amide bonds. The zero-order valence-corrected chi connectivity index (χ0v) is 16.7. The van der Waals surface area contributed by atoms with Crippen LogP contribution in [0, 0.1) is 0 Å². The first-order valence-corrected chi connectivity index (χ1v) is 9.42. The molecule has 3 rings (SSSR count). The Balaban J connectivity index is 0.000000248. The van der Waals surface area contributed by atoms with Crippen molar-refractivity contribution in [1.29, 1.82) is 0 Å². The Bertz CT molecular complexity index is 977. The zero-order chi connectivity index (χ0) is 21.6. The number of amides is 1. The normalized spacial score (nSPS) is 10.6. The fourth-order valence-corrected chi connectivity index (χ4v) is 2.31. The van der Waals surface area contributed by atoms with Crippen LogP contribution in [0.15, 0.2) is 77.4 Å². The van der Waals surface area contributed by atoms with Gasteiger partial charge in [-0.25, -0.2) is 4.98 Å². The Morgan fingerprint density at radius 3 is 2.13 bits per heavy atom. The molecular formula is C24H24N2O4. The molecule has 3 aromatic rings. The summed E-state index contributed by atoms with van der Waals surface area (Å²) in [6.07, 6.45) is 8.31. The van der Waals surface area contributed by atoms with Crippen LogP contribution in [0.1, 0.15) is 29.6 Å². The molecular weight excluding hydrogens is 380 g/mol. The number of hydrogen-bond acceptors (Lipinski definition) is 5. The Hall–Kier alpha value is -3.93. The first-order valence-electron chi connectivity index (χ1n) is 9.42. The molecule has 30 heavy (non-hydrogen) atoms. The van der Waals surface area contributed by atoms with Gasteiger partial charge >= 0.3 is 5.97 Å². The quantitative estimate of drug-likeness (QED) is 0.472. The van der Waals surface area contributed by atoms with E-state index < -0.39 is 5.91 Å². The summed E-state index contributed by atoms with van der Waals surface area (Å²) in [7, 11) is 0. The van der Waals surface area contributed by atoms with Gasteiger partial charge in [-0.1, -0.05) is 60.7 Å². The number of rotatable bonds is 7. The van der Waals surface area contributed by atoms with Crippen molar-refractivity contribution in [2.45, 2.75) is 13.3 Å². The minimum atomic E-state index is -0.422. The van der Waals surface area contributed by atoms with Crippen LogP contribution in [0.25, 0.3) is 18.2 Å². The Kier molecular flexibility index (Phi) is 9.33. The minimum absolute atomic E-state index is 0.135. The molecule has 6 heteroatoms. The highest BCUT2D eigenvalue weighted by molar-refractivity contribution is 5.90. The van der Waals surface area contributed by atoms with E-state index in [4.69, 9.17) is 14.9 Å². The van der Waals surface area contributed by atoms with Crippen molar-refractivity contribution in [2.24, 2.45) is 5.73 Å². The number of nitrogens with two attached hydrogens (primary N) is 1. The Morgan fingerprint density at radius 2 is 1.57 bits per heavy atom. The van der Waals surface area contributed by atoms with Crippen LogP contribution in [0.2, 0.25) is 0 Å². The smallest absolute Gasteiger partial charge is 0.311 e. The fourth-order valence-electron chi connectivity index (χ4n) is 2.31. The molecule has 154 valence electrons. The van der Waals surface area contributed by atoms with Gasteiger partial charge in [-0.05, 0) is 30.2 Å². The van der Waals surface area contributed by atoms with Crippen molar-refractivity contribution in [2.75, 3.05) is 6.61 Å². The number of hydrogen-bond donors (Lipinski definition) is 1. The van der Waals surface area contributed by atoms with Gasteiger partial charge in [0.05, 0.1) is 18.7 Å². The molecule has 1 aromatic heterocycles. The summed E-state index contributed by atoms with van der Waals surface area (Å²) in [5.74, 6) is -0.244. The summed E-state index contributed by atoms with van der Waals surface area (Å²) in [5, 5.41) is 0. The predicted octanol–water partition coefficient (Wildman–Crippen LogP) is 4.14. The molecule has 0 spiro atoms. The molecule has 0 atom stereocenters. The Morgan fingerprint density at radius 1 is 0.967 bits per heavy atom.